The van der Waals surface area contributed by atoms with Gasteiger partial charge in [-0.3, -0.25) is 4.79 Å². The van der Waals surface area contributed by atoms with Gasteiger partial charge < -0.3 is 10.1 Å². The fraction of sp³-hybridized carbons (Fsp3) is 0.562. The Morgan fingerprint density at radius 3 is 1.88 bits per heavy atom. The summed E-state index contributed by atoms with van der Waals surface area (Å²) >= 11 is 0. The summed E-state index contributed by atoms with van der Waals surface area (Å²) in [4.78, 5) is 11.9. The second-order valence-corrected chi connectivity index (χ2v) is 6.98. The lowest BCUT2D eigenvalue weighted by atomic mass is 10.1. The van der Waals surface area contributed by atoms with Gasteiger partial charge in [0, 0.05) is 12.0 Å². The first kappa shape index (κ1) is 19.4. The molecule has 0 aliphatic heterocycles. The van der Waals surface area contributed by atoms with Crippen LogP contribution in [0.5, 0.6) is 5.75 Å². The molecule has 1 N–H and O–H groups in total. The smallest absolute Gasteiger partial charge is 0.416 e. The SMILES string of the molecule is CC(C)(C)NC(=O)[C@H]1C[C@@H]1Oc1cc(C(F)(F)F)cc(C(F)(F)F)c1. The quantitative estimate of drug-likeness (QED) is 0.802. The molecule has 140 valence electrons. The van der Waals surface area contributed by atoms with E-state index in [0.717, 1.165) is 0 Å². The summed E-state index contributed by atoms with van der Waals surface area (Å²) in [5.41, 5.74) is -3.40. The van der Waals surface area contributed by atoms with Gasteiger partial charge >= 0.3 is 12.4 Å². The minimum atomic E-state index is -4.94. The third kappa shape index (κ3) is 5.27. The highest BCUT2D eigenvalue weighted by Crippen LogP contribution is 2.41. The maximum absolute atomic E-state index is 12.8. The van der Waals surface area contributed by atoms with E-state index in [9.17, 15) is 31.1 Å². The van der Waals surface area contributed by atoms with Crippen molar-refractivity contribution < 1.29 is 35.9 Å². The van der Waals surface area contributed by atoms with E-state index in [1.54, 1.807) is 20.8 Å². The molecule has 1 fully saturated rings. The van der Waals surface area contributed by atoms with E-state index in [-0.39, 0.29) is 18.4 Å². The van der Waals surface area contributed by atoms with E-state index >= 15 is 0 Å². The van der Waals surface area contributed by atoms with Crippen LogP contribution in [-0.4, -0.2) is 17.6 Å². The van der Waals surface area contributed by atoms with Crippen molar-refractivity contribution in [2.75, 3.05) is 0 Å². The number of ether oxygens (including phenoxy) is 1. The van der Waals surface area contributed by atoms with E-state index in [2.05, 4.69) is 5.32 Å². The zero-order valence-corrected chi connectivity index (χ0v) is 13.7. The first-order valence-electron chi connectivity index (χ1n) is 7.45. The second kappa shape index (κ2) is 6.10. The number of amides is 1. The first-order valence-corrected chi connectivity index (χ1v) is 7.45. The lowest BCUT2D eigenvalue weighted by Gasteiger charge is -2.20. The first-order chi connectivity index (χ1) is 11.2. The van der Waals surface area contributed by atoms with Crippen LogP contribution in [0.4, 0.5) is 26.3 Å². The molecular weight excluding hydrogens is 352 g/mol. The monoisotopic (exact) mass is 369 g/mol. The van der Waals surface area contributed by atoms with Crippen molar-refractivity contribution in [1.29, 1.82) is 0 Å². The van der Waals surface area contributed by atoms with Crippen LogP contribution in [0.2, 0.25) is 0 Å². The number of carbonyl (C=O) groups is 1. The molecule has 2 atom stereocenters. The zero-order valence-electron chi connectivity index (χ0n) is 13.7. The molecule has 1 aromatic rings. The number of nitrogens with one attached hydrogen (secondary N) is 1. The Morgan fingerprint density at radius 2 is 1.48 bits per heavy atom. The van der Waals surface area contributed by atoms with Gasteiger partial charge in [-0.1, -0.05) is 0 Å². The van der Waals surface area contributed by atoms with E-state index in [4.69, 9.17) is 4.74 Å². The fourth-order valence-corrected chi connectivity index (χ4v) is 2.21. The standard InChI is InChI=1S/C16H17F6NO2/c1-14(2,3)23-13(24)11-7-12(11)25-10-5-8(15(17,18)19)4-9(6-10)16(20,21)22/h4-6,11-12H,7H2,1-3H3,(H,23,24)/t11-,12-/m0/s1. The number of hydrogen-bond donors (Lipinski definition) is 1. The molecular formula is C16H17F6NO2. The summed E-state index contributed by atoms with van der Waals surface area (Å²) in [6.45, 7) is 5.27. The third-order valence-electron chi connectivity index (χ3n) is 3.42. The van der Waals surface area contributed by atoms with Gasteiger partial charge in [0.1, 0.15) is 11.9 Å². The van der Waals surface area contributed by atoms with Crippen LogP contribution in [0.1, 0.15) is 38.3 Å². The Labute approximate surface area is 140 Å². The summed E-state index contributed by atoms with van der Waals surface area (Å²) in [5.74, 6) is -1.50. The molecule has 1 aliphatic rings. The molecule has 0 heterocycles. The molecule has 0 radical (unpaired) electrons. The number of hydrogen-bond acceptors (Lipinski definition) is 2. The molecule has 0 unspecified atom stereocenters. The molecule has 1 aliphatic carbocycles. The van der Waals surface area contributed by atoms with E-state index in [1.807, 2.05) is 0 Å². The minimum Gasteiger partial charge on any atom is -0.490 e. The van der Waals surface area contributed by atoms with Crippen LogP contribution in [-0.2, 0) is 17.1 Å². The predicted molar refractivity (Wildman–Crippen MR) is 76.9 cm³/mol. The van der Waals surface area contributed by atoms with Gasteiger partial charge in [-0.25, -0.2) is 0 Å². The Balaban J connectivity index is 2.17. The van der Waals surface area contributed by atoms with Gasteiger partial charge in [0.2, 0.25) is 5.91 Å². The van der Waals surface area contributed by atoms with E-state index in [0.29, 0.717) is 12.1 Å². The maximum Gasteiger partial charge on any atom is 0.416 e. The molecule has 0 saturated heterocycles. The number of benzene rings is 1. The highest BCUT2D eigenvalue weighted by Gasteiger charge is 2.47. The molecule has 1 aromatic carbocycles. The minimum absolute atomic E-state index is 0.0313. The molecule has 1 saturated carbocycles. The van der Waals surface area contributed by atoms with Crippen LogP contribution in [0, 0.1) is 5.92 Å². The topological polar surface area (TPSA) is 38.3 Å². The molecule has 0 aromatic heterocycles. The van der Waals surface area contributed by atoms with Crippen molar-refractivity contribution in [2.45, 2.75) is 51.2 Å². The van der Waals surface area contributed by atoms with Crippen LogP contribution >= 0.6 is 0 Å². The molecule has 0 bridgehead atoms. The highest BCUT2D eigenvalue weighted by molar-refractivity contribution is 5.82. The van der Waals surface area contributed by atoms with Gasteiger partial charge in [-0.15, -0.1) is 0 Å². The summed E-state index contributed by atoms with van der Waals surface area (Å²) in [7, 11) is 0. The van der Waals surface area contributed by atoms with E-state index < -0.39 is 46.8 Å². The highest BCUT2D eigenvalue weighted by atomic mass is 19.4. The maximum atomic E-state index is 12.8. The van der Waals surface area contributed by atoms with Crippen LogP contribution in [0.15, 0.2) is 18.2 Å². The predicted octanol–water partition coefficient (Wildman–Crippen LogP) is 4.41. The lowest BCUT2D eigenvalue weighted by Crippen LogP contribution is -2.42. The van der Waals surface area contributed by atoms with E-state index in [1.165, 1.54) is 0 Å². The molecule has 9 heteroatoms. The normalized spacial score (nSPS) is 21.0. The molecule has 3 nitrogen and oxygen atoms in total. The summed E-state index contributed by atoms with van der Waals surface area (Å²) in [6, 6.07) is 1.04. The molecule has 0 spiro atoms. The molecule has 25 heavy (non-hydrogen) atoms. The Kier molecular flexibility index (Phi) is 4.73. The van der Waals surface area contributed by atoms with Crippen molar-refractivity contribution in [3.63, 3.8) is 0 Å². The lowest BCUT2D eigenvalue weighted by molar-refractivity contribution is -0.143. The van der Waals surface area contributed by atoms with Crippen molar-refractivity contribution in [3.8, 4) is 5.75 Å². The largest absolute Gasteiger partial charge is 0.490 e. The van der Waals surface area contributed by atoms with Gasteiger partial charge in [-0.05, 0) is 39.0 Å². The van der Waals surface area contributed by atoms with Crippen LogP contribution in [0.25, 0.3) is 0 Å². The van der Waals surface area contributed by atoms with Crippen molar-refractivity contribution in [2.24, 2.45) is 5.92 Å². The van der Waals surface area contributed by atoms with Crippen LogP contribution in [0.3, 0.4) is 0 Å². The molecule has 2 rings (SSSR count). The van der Waals surface area contributed by atoms with Gasteiger partial charge in [0.05, 0.1) is 17.0 Å². The second-order valence-electron chi connectivity index (χ2n) is 6.98. The van der Waals surface area contributed by atoms with Crippen molar-refractivity contribution in [3.05, 3.63) is 29.3 Å². The third-order valence-corrected chi connectivity index (χ3v) is 3.42. The Hall–Kier alpha value is -1.93. The van der Waals surface area contributed by atoms with Crippen molar-refractivity contribution in [1.82, 2.24) is 5.32 Å². The summed E-state index contributed by atoms with van der Waals surface area (Å²) < 4.78 is 81.9. The number of alkyl halides is 6. The van der Waals surface area contributed by atoms with Crippen molar-refractivity contribution >= 4 is 5.91 Å². The van der Waals surface area contributed by atoms with Crippen LogP contribution < -0.4 is 10.1 Å². The average molecular weight is 369 g/mol. The van der Waals surface area contributed by atoms with Gasteiger partial charge in [0.15, 0.2) is 0 Å². The number of halogens is 6. The van der Waals surface area contributed by atoms with Gasteiger partial charge in [0.25, 0.3) is 0 Å². The Morgan fingerprint density at radius 1 is 1.00 bits per heavy atom. The summed E-state index contributed by atoms with van der Waals surface area (Å²) in [6.07, 6.45) is -10.4. The molecule has 1 amide bonds. The zero-order chi connectivity index (χ0) is 19.2. The number of carbonyl (C=O) groups excluding carboxylic acids is 1. The average Bonchev–Trinajstić information content (AvgIpc) is 3.13. The summed E-state index contributed by atoms with van der Waals surface area (Å²) in [5, 5.41) is 2.69. The van der Waals surface area contributed by atoms with Gasteiger partial charge in [-0.2, -0.15) is 26.3 Å². The fourth-order valence-electron chi connectivity index (χ4n) is 2.21. The number of rotatable bonds is 3. The Bertz CT molecular complexity index is 628.